The first-order valence-corrected chi connectivity index (χ1v) is 9.24. The summed E-state index contributed by atoms with van der Waals surface area (Å²) in [5.41, 5.74) is 1.48. The van der Waals surface area contributed by atoms with Crippen molar-refractivity contribution in [2.24, 2.45) is 0 Å². The van der Waals surface area contributed by atoms with Gasteiger partial charge in [-0.1, -0.05) is 16.8 Å². The molecule has 1 aliphatic rings. The Morgan fingerprint density at radius 2 is 2.04 bits per heavy atom. The number of hydrogen-bond acceptors (Lipinski definition) is 5. The van der Waals surface area contributed by atoms with Crippen LogP contribution in [0.4, 0.5) is 5.69 Å². The molecule has 0 amide bonds. The van der Waals surface area contributed by atoms with E-state index >= 15 is 0 Å². The van der Waals surface area contributed by atoms with Crippen LogP contribution in [0.15, 0.2) is 29.0 Å². The van der Waals surface area contributed by atoms with Gasteiger partial charge in [0.15, 0.2) is 5.78 Å². The number of sulfonamides is 1. The Bertz CT molecular complexity index is 871. The van der Waals surface area contributed by atoms with E-state index in [-0.39, 0.29) is 23.0 Å². The number of halogens is 1. The van der Waals surface area contributed by atoms with Crippen molar-refractivity contribution in [2.45, 2.75) is 18.8 Å². The molecule has 1 aromatic heterocycles. The van der Waals surface area contributed by atoms with Gasteiger partial charge in [0, 0.05) is 23.6 Å². The Balaban J connectivity index is 2.09. The molecule has 0 bridgehead atoms. The molecule has 0 saturated heterocycles. The molecule has 1 fully saturated rings. The van der Waals surface area contributed by atoms with Crippen LogP contribution in [0.25, 0.3) is 0 Å². The normalized spacial score (nSPS) is 14.7. The second-order valence-corrected chi connectivity index (χ2v) is 8.06. The van der Waals surface area contributed by atoms with E-state index in [0.717, 1.165) is 23.4 Å². The van der Waals surface area contributed by atoms with Gasteiger partial charge in [-0.3, -0.25) is 9.10 Å². The molecule has 1 heterocycles. The highest BCUT2D eigenvalue weighted by atomic mass is 35.5. The summed E-state index contributed by atoms with van der Waals surface area (Å²) in [6.45, 7) is 0. The van der Waals surface area contributed by atoms with Crippen molar-refractivity contribution < 1.29 is 17.7 Å². The number of rotatable bonds is 5. The highest BCUT2D eigenvalue weighted by Gasteiger charge is 2.33. The summed E-state index contributed by atoms with van der Waals surface area (Å²) < 4.78 is 29.7. The smallest absolute Gasteiger partial charge is 0.232 e. The predicted octanol–water partition coefficient (Wildman–Crippen LogP) is 2.83. The fourth-order valence-corrected chi connectivity index (χ4v) is 3.02. The molecular formula is C15H15ClN2O4S. The van der Waals surface area contributed by atoms with Crippen molar-refractivity contribution in [1.82, 2.24) is 5.16 Å². The van der Waals surface area contributed by atoms with Crippen molar-refractivity contribution in [3.05, 3.63) is 46.3 Å². The third-order valence-electron chi connectivity index (χ3n) is 3.85. The van der Waals surface area contributed by atoms with Crippen LogP contribution >= 0.6 is 11.6 Å². The van der Waals surface area contributed by atoms with Crippen LogP contribution in [-0.4, -0.2) is 32.7 Å². The van der Waals surface area contributed by atoms with Crippen molar-refractivity contribution in [3.63, 3.8) is 0 Å². The third-order valence-corrected chi connectivity index (χ3v) is 5.27. The number of hydrogen-bond donors (Lipinski definition) is 0. The molecule has 0 N–H and O–H groups in total. The first-order valence-electron chi connectivity index (χ1n) is 7.01. The number of benzene rings is 1. The van der Waals surface area contributed by atoms with Gasteiger partial charge in [-0.25, -0.2) is 8.42 Å². The minimum Gasteiger partial charge on any atom is -0.364 e. The first kappa shape index (κ1) is 16.0. The van der Waals surface area contributed by atoms with E-state index in [1.807, 2.05) is 0 Å². The van der Waals surface area contributed by atoms with Gasteiger partial charge in [0.1, 0.15) is 6.26 Å². The van der Waals surface area contributed by atoms with E-state index in [2.05, 4.69) is 5.16 Å². The third kappa shape index (κ3) is 3.11. The lowest BCUT2D eigenvalue weighted by Gasteiger charge is -2.20. The molecule has 0 aliphatic heterocycles. The summed E-state index contributed by atoms with van der Waals surface area (Å²) in [7, 11) is -2.15. The predicted molar refractivity (Wildman–Crippen MR) is 86.6 cm³/mol. The van der Waals surface area contributed by atoms with Gasteiger partial charge in [0.2, 0.25) is 10.0 Å². The Hall–Kier alpha value is -1.86. The monoisotopic (exact) mass is 354 g/mol. The van der Waals surface area contributed by atoms with Crippen molar-refractivity contribution in [2.75, 3.05) is 17.6 Å². The fraction of sp³-hybridized carbons (Fsp3) is 0.333. The number of carbonyl (C=O) groups excluding carboxylic acids is 1. The molecule has 1 aromatic carbocycles. The molecule has 122 valence electrons. The van der Waals surface area contributed by atoms with E-state index in [9.17, 15) is 13.2 Å². The Kier molecular flexibility index (Phi) is 3.93. The van der Waals surface area contributed by atoms with Crippen LogP contribution in [0.2, 0.25) is 5.02 Å². The molecular weight excluding hydrogens is 340 g/mol. The summed E-state index contributed by atoms with van der Waals surface area (Å²) in [4.78, 5) is 12.9. The van der Waals surface area contributed by atoms with E-state index in [1.165, 1.54) is 25.4 Å². The Morgan fingerprint density at radius 1 is 1.35 bits per heavy atom. The molecule has 1 saturated carbocycles. The summed E-state index contributed by atoms with van der Waals surface area (Å²) in [6, 6.07) is 4.53. The maximum absolute atomic E-state index is 12.9. The summed E-state index contributed by atoms with van der Waals surface area (Å²) >= 11 is 5.97. The molecule has 3 rings (SSSR count). The van der Waals surface area contributed by atoms with Crippen molar-refractivity contribution >= 4 is 33.1 Å². The van der Waals surface area contributed by atoms with Gasteiger partial charge < -0.3 is 4.52 Å². The average Bonchev–Trinajstić information content (AvgIpc) is 3.22. The molecule has 0 unspecified atom stereocenters. The number of anilines is 1. The lowest BCUT2D eigenvalue weighted by molar-refractivity contribution is 0.103. The zero-order valence-corrected chi connectivity index (χ0v) is 14.2. The van der Waals surface area contributed by atoms with Crippen LogP contribution in [0.5, 0.6) is 0 Å². The van der Waals surface area contributed by atoms with Crippen molar-refractivity contribution in [1.29, 1.82) is 0 Å². The highest BCUT2D eigenvalue weighted by molar-refractivity contribution is 7.92. The van der Waals surface area contributed by atoms with Gasteiger partial charge in [0.25, 0.3) is 0 Å². The number of ketones is 1. The van der Waals surface area contributed by atoms with Crippen LogP contribution in [0.1, 0.15) is 40.4 Å². The standard InChI is InChI=1S/C15H15ClN2O4S/c1-18(23(2,20)21)13-7-10(16)5-6-11(13)15(19)12-8-22-17-14(12)9-3-4-9/h5-9H,3-4H2,1-2H3. The quantitative estimate of drug-likeness (QED) is 0.771. The second kappa shape index (κ2) is 5.65. The van der Waals surface area contributed by atoms with Gasteiger partial charge in [0.05, 0.1) is 23.2 Å². The van der Waals surface area contributed by atoms with Gasteiger partial charge in [-0.05, 0) is 31.0 Å². The number of carbonyl (C=O) groups is 1. The fourth-order valence-electron chi connectivity index (χ4n) is 2.35. The minimum atomic E-state index is -3.53. The van der Waals surface area contributed by atoms with E-state index in [1.54, 1.807) is 6.07 Å². The molecule has 1 aliphatic carbocycles. The zero-order chi connectivity index (χ0) is 16.8. The molecule has 0 radical (unpaired) electrons. The van der Waals surface area contributed by atoms with Crippen LogP contribution in [-0.2, 0) is 10.0 Å². The molecule has 2 aromatic rings. The summed E-state index contributed by atoms with van der Waals surface area (Å²) in [5.74, 6) is -0.0774. The Labute approximate surface area is 139 Å². The van der Waals surface area contributed by atoms with E-state index in [0.29, 0.717) is 16.3 Å². The maximum Gasteiger partial charge on any atom is 0.232 e. The van der Waals surface area contributed by atoms with Gasteiger partial charge in [-0.2, -0.15) is 0 Å². The summed E-state index contributed by atoms with van der Waals surface area (Å²) in [6.07, 6.45) is 4.33. The van der Waals surface area contributed by atoms with E-state index in [4.69, 9.17) is 16.1 Å². The molecule has 0 spiro atoms. The minimum absolute atomic E-state index is 0.230. The molecule has 6 nitrogen and oxygen atoms in total. The van der Waals surface area contributed by atoms with E-state index < -0.39 is 10.0 Å². The Morgan fingerprint density at radius 3 is 2.65 bits per heavy atom. The lowest BCUT2D eigenvalue weighted by atomic mass is 10.0. The topological polar surface area (TPSA) is 80.5 Å². The highest BCUT2D eigenvalue weighted by Crippen LogP contribution is 2.41. The first-order chi connectivity index (χ1) is 10.8. The average molecular weight is 355 g/mol. The second-order valence-electron chi connectivity index (χ2n) is 5.61. The van der Waals surface area contributed by atoms with Crippen LogP contribution in [0.3, 0.4) is 0 Å². The number of nitrogens with zero attached hydrogens (tertiary/aromatic N) is 2. The zero-order valence-electron chi connectivity index (χ0n) is 12.6. The SMILES string of the molecule is CN(c1cc(Cl)ccc1C(=O)c1conc1C1CC1)S(C)(=O)=O. The molecule has 23 heavy (non-hydrogen) atoms. The lowest BCUT2D eigenvalue weighted by Crippen LogP contribution is -2.26. The molecule has 8 heteroatoms. The van der Waals surface area contributed by atoms with Crippen LogP contribution in [0, 0.1) is 0 Å². The maximum atomic E-state index is 12.9. The van der Waals surface area contributed by atoms with Crippen molar-refractivity contribution in [3.8, 4) is 0 Å². The molecule has 0 atom stereocenters. The van der Waals surface area contributed by atoms with Gasteiger partial charge in [-0.15, -0.1) is 0 Å². The van der Waals surface area contributed by atoms with Crippen LogP contribution < -0.4 is 4.31 Å². The summed E-state index contributed by atoms with van der Waals surface area (Å²) in [5, 5.41) is 4.26. The largest absolute Gasteiger partial charge is 0.364 e. The van der Waals surface area contributed by atoms with Gasteiger partial charge >= 0.3 is 0 Å². The number of aromatic nitrogens is 1.